The van der Waals surface area contributed by atoms with Crippen LogP contribution in [0.15, 0.2) is 35.7 Å². The van der Waals surface area contributed by atoms with Gasteiger partial charge in [-0.2, -0.15) is 0 Å². The average molecular weight is 289 g/mol. The molecule has 0 saturated heterocycles. The van der Waals surface area contributed by atoms with Gasteiger partial charge in [-0.15, -0.1) is 5.10 Å². The average Bonchev–Trinajstić information content (AvgIpc) is 3.08. The van der Waals surface area contributed by atoms with Gasteiger partial charge in [0.05, 0.1) is 12.2 Å². The molecule has 0 amide bonds. The van der Waals surface area contributed by atoms with Crippen molar-refractivity contribution in [2.24, 2.45) is 0 Å². The molecule has 8 heteroatoms. The number of hydrogen-bond donors (Lipinski definition) is 1. The van der Waals surface area contributed by atoms with Gasteiger partial charge in [0.1, 0.15) is 5.65 Å². The summed E-state index contributed by atoms with van der Waals surface area (Å²) in [6.45, 7) is 1.60. The molecule has 0 spiro atoms. The van der Waals surface area contributed by atoms with Crippen LogP contribution < -0.4 is 5.32 Å². The van der Waals surface area contributed by atoms with Crippen LogP contribution in [0.4, 0.5) is 0 Å². The summed E-state index contributed by atoms with van der Waals surface area (Å²) in [6.07, 6.45) is 4.03. The third-order valence-electron chi connectivity index (χ3n) is 2.84. The van der Waals surface area contributed by atoms with Crippen molar-refractivity contribution in [2.75, 3.05) is 13.6 Å². The van der Waals surface area contributed by atoms with Crippen LogP contribution >= 0.6 is 11.8 Å². The third kappa shape index (κ3) is 2.81. The number of fused-ring (bicyclic) bond motifs is 1. The van der Waals surface area contributed by atoms with Crippen molar-refractivity contribution in [1.82, 2.24) is 34.9 Å². The van der Waals surface area contributed by atoms with Crippen LogP contribution in [0.3, 0.4) is 0 Å². The highest BCUT2D eigenvalue weighted by Crippen LogP contribution is 2.19. The molecule has 0 bridgehead atoms. The van der Waals surface area contributed by atoms with E-state index < -0.39 is 0 Å². The summed E-state index contributed by atoms with van der Waals surface area (Å²) in [4.78, 5) is 4.56. The molecule has 0 saturated carbocycles. The second-order valence-electron chi connectivity index (χ2n) is 4.28. The van der Waals surface area contributed by atoms with E-state index in [4.69, 9.17) is 0 Å². The van der Waals surface area contributed by atoms with Gasteiger partial charge in [-0.3, -0.25) is 0 Å². The predicted molar refractivity (Wildman–Crippen MR) is 76.5 cm³/mol. The molecule has 0 aromatic carbocycles. The van der Waals surface area contributed by atoms with E-state index >= 15 is 0 Å². The number of nitrogens with one attached hydrogen (secondary N) is 1. The van der Waals surface area contributed by atoms with Crippen LogP contribution in [-0.4, -0.2) is 43.2 Å². The van der Waals surface area contributed by atoms with E-state index in [9.17, 15) is 0 Å². The highest BCUT2D eigenvalue weighted by molar-refractivity contribution is 7.98. The van der Waals surface area contributed by atoms with Gasteiger partial charge in [0.2, 0.25) is 5.16 Å². The lowest BCUT2D eigenvalue weighted by Gasteiger charge is -2.02. The van der Waals surface area contributed by atoms with E-state index in [0.717, 1.165) is 35.3 Å². The fourth-order valence-corrected chi connectivity index (χ4v) is 2.64. The zero-order valence-electron chi connectivity index (χ0n) is 11.1. The Bertz CT molecular complexity index is 657. The van der Waals surface area contributed by atoms with Crippen molar-refractivity contribution in [2.45, 2.75) is 17.5 Å². The Labute approximate surface area is 120 Å². The van der Waals surface area contributed by atoms with Gasteiger partial charge in [0.25, 0.3) is 0 Å². The summed E-state index contributed by atoms with van der Waals surface area (Å²) < 4.78 is 3.82. The van der Waals surface area contributed by atoms with Gasteiger partial charge in [-0.05, 0) is 29.6 Å². The molecule has 0 atom stereocenters. The van der Waals surface area contributed by atoms with Crippen molar-refractivity contribution in [1.29, 1.82) is 0 Å². The predicted octanol–water partition coefficient (Wildman–Crippen LogP) is 0.832. The Hall–Kier alpha value is -1.93. The maximum Gasteiger partial charge on any atom is 0.209 e. The number of likely N-dealkylation sites (N-methyl/N-ethyl adjacent to an activating group) is 1. The molecule has 3 aromatic rings. The third-order valence-corrected chi connectivity index (χ3v) is 3.83. The number of hydrogen-bond acceptors (Lipinski definition) is 6. The number of imidazole rings is 1. The zero-order valence-corrected chi connectivity index (χ0v) is 11.9. The molecule has 20 heavy (non-hydrogen) atoms. The molecule has 7 nitrogen and oxygen atoms in total. The first-order valence-electron chi connectivity index (χ1n) is 6.33. The molecule has 3 aromatic heterocycles. The van der Waals surface area contributed by atoms with Crippen LogP contribution in [0.5, 0.6) is 0 Å². The van der Waals surface area contributed by atoms with E-state index in [-0.39, 0.29) is 0 Å². The first kappa shape index (κ1) is 13.1. The molecule has 0 aliphatic carbocycles. The summed E-state index contributed by atoms with van der Waals surface area (Å²) in [5.74, 6) is 0.752. The number of tetrazole rings is 1. The highest BCUT2D eigenvalue weighted by atomic mass is 32.2. The standard InChI is InChI=1S/C12H15N7S/c1-13-5-7-19-12(15-16-17-19)20-9-10-8-18-6-3-2-4-11(18)14-10/h2-4,6,8,13H,5,7,9H2,1H3. The fourth-order valence-electron chi connectivity index (χ4n) is 1.85. The van der Waals surface area contributed by atoms with Gasteiger partial charge < -0.3 is 9.72 Å². The first-order valence-corrected chi connectivity index (χ1v) is 7.31. The van der Waals surface area contributed by atoms with E-state index in [1.807, 2.05) is 42.0 Å². The number of pyridine rings is 1. The Balaban J connectivity index is 1.68. The van der Waals surface area contributed by atoms with Crippen LogP contribution in [0, 0.1) is 0 Å². The monoisotopic (exact) mass is 289 g/mol. The van der Waals surface area contributed by atoms with Crippen molar-refractivity contribution < 1.29 is 0 Å². The molecule has 104 valence electrons. The Kier molecular flexibility index (Phi) is 3.93. The van der Waals surface area contributed by atoms with E-state index in [1.54, 1.807) is 16.4 Å². The molecule has 3 heterocycles. The maximum atomic E-state index is 4.56. The summed E-state index contributed by atoms with van der Waals surface area (Å²) in [7, 11) is 1.91. The molecule has 0 aliphatic heterocycles. The second-order valence-corrected chi connectivity index (χ2v) is 5.22. The lowest BCUT2D eigenvalue weighted by atomic mass is 10.5. The summed E-state index contributed by atoms with van der Waals surface area (Å²) in [5, 5.41) is 15.6. The molecule has 0 fully saturated rings. The topological polar surface area (TPSA) is 72.9 Å². The molecule has 3 rings (SSSR count). The summed E-state index contributed by atoms with van der Waals surface area (Å²) in [6, 6.07) is 5.96. The SMILES string of the molecule is CNCCn1nnnc1SCc1cn2ccccc2n1. The van der Waals surface area contributed by atoms with E-state index in [1.165, 1.54) is 0 Å². The summed E-state index contributed by atoms with van der Waals surface area (Å²) in [5.41, 5.74) is 1.97. The summed E-state index contributed by atoms with van der Waals surface area (Å²) >= 11 is 1.60. The van der Waals surface area contributed by atoms with Gasteiger partial charge in [0, 0.05) is 24.7 Å². The van der Waals surface area contributed by atoms with E-state index in [0.29, 0.717) is 0 Å². The van der Waals surface area contributed by atoms with Gasteiger partial charge in [0.15, 0.2) is 0 Å². The second kappa shape index (κ2) is 6.02. The van der Waals surface area contributed by atoms with Crippen molar-refractivity contribution in [3.05, 3.63) is 36.3 Å². The van der Waals surface area contributed by atoms with E-state index in [2.05, 4.69) is 25.8 Å². The van der Waals surface area contributed by atoms with Crippen LogP contribution in [0.25, 0.3) is 5.65 Å². The van der Waals surface area contributed by atoms with Crippen molar-refractivity contribution in [3.63, 3.8) is 0 Å². The Morgan fingerprint density at radius 1 is 1.35 bits per heavy atom. The molecule has 0 radical (unpaired) electrons. The smallest absolute Gasteiger partial charge is 0.209 e. The molecule has 0 unspecified atom stereocenters. The fraction of sp³-hybridized carbons (Fsp3) is 0.333. The normalized spacial score (nSPS) is 11.2. The Morgan fingerprint density at radius 3 is 3.15 bits per heavy atom. The Morgan fingerprint density at radius 2 is 2.30 bits per heavy atom. The first-order chi connectivity index (χ1) is 9.86. The quantitative estimate of drug-likeness (QED) is 0.678. The zero-order chi connectivity index (χ0) is 13.8. The molecular formula is C12H15N7S. The minimum absolute atomic E-state index is 0.752. The minimum Gasteiger partial charge on any atom is -0.318 e. The molecular weight excluding hydrogens is 274 g/mol. The minimum atomic E-state index is 0.752. The molecule has 1 N–H and O–H groups in total. The number of nitrogens with zero attached hydrogens (tertiary/aromatic N) is 6. The largest absolute Gasteiger partial charge is 0.318 e. The van der Waals surface area contributed by atoms with Gasteiger partial charge in [-0.25, -0.2) is 9.67 Å². The number of thioether (sulfide) groups is 1. The van der Waals surface area contributed by atoms with Crippen LogP contribution in [0.1, 0.15) is 5.69 Å². The van der Waals surface area contributed by atoms with Crippen LogP contribution in [0.2, 0.25) is 0 Å². The van der Waals surface area contributed by atoms with Crippen molar-refractivity contribution in [3.8, 4) is 0 Å². The number of aromatic nitrogens is 6. The van der Waals surface area contributed by atoms with Gasteiger partial charge >= 0.3 is 0 Å². The van der Waals surface area contributed by atoms with Crippen LogP contribution in [-0.2, 0) is 12.3 Å². The van der Waals surface area contributed by atoms with Gasteiger partial charge in [-0.1, -0.05) is 17.8 Å². The molecule has 0 aliphatic rings. The lowest BCUT2D eigenvalue weighted by Crippen LogP contribution is -2.16. The maximum absolute atomic E-state index is 4.56. The number of rotatable bonds is 6. The lowest BCUT2D eigenvalue weighted by molar-refractivity contribution is 0.530. The van der Waals surface area contributed by atoms with Crippen molar-refractivity contribution >= 4 is 17.4 Å². The highest BCUT2D eigenvalue weighted by Gasteiger charge is 2.08.